The van der Waals surface area contributed by atoms with E-state index in [1.807, 2.05) is 31.2 Å². The largest absolute Gasteiger partial charge is 0.387 e. The molecule has 0 bridgehead atoms. The van der Waals surface area contributed by atoms with Crippen molar-refractivity contribution in [1.29, 1.82) is 0 Å². The predicted molar refractivity (Wildman–Crippen MR) is 81.2 cm³/mol. The van der Waals surface area contributed by atoms with Gasteiger partial charge in [0.25, 0.3) is 0 Å². The number of aryl methyl sites for hydroxylation is 1. The summed E-state index contributed by atoms with van der Waals surface area (Å²) in [5.74, 6) is 0.644. The van der Waals surface area contributed by atoms with Gasteiger partial charge in [0.2, 0.25) is 5.91 Å². The molecule has 3 heteroatoms. The fourth-order valence-corrected chi connectivity index (χ4v) is 2.92. The van der Waals surface area contributed by atoms with Gasteiger partial charge in [0.1, 0.15) is 0 Å². The van der Waals surface area contributed by atoms with E-state index in [4.69, 9.17) is 0 Å². The van der Waals surface area contributed by atoms with Crippen LogP contribution in [0.2, 0.25) is 0 Å². The van der Waals surface area contributed by atoms with E-state index >= 15 is 0 Å². The molecule has 2 unspecified atom stereocenters. The Labute approximate surface area is 119 Å². The van der Waals surface area contributed by atoms with Crippen molar-refractivity contribution in [2.75, 3.05) is 11.9 Å². The molecule has 1 aliphatic heterocycles. The van der Waals surface area contributed by atoms with Gasteiger partial charge in [-0.3, -0.25) is 4.79 Å². The number of nitrogens with one attached hydrogen (secondary N) is 2. The molecular weight excluding hydrogens is 248 g/mol. The molecular formula is C17H20N2O. The lowest BCUT2D eigenvalue weighted by Gasteiger charge is -2.33. The second kappa shape index (κ2) is 5.53. The number of piperidine rings is 1. The number of hydrogen-bond donors (Lipinski definition) is 2. The molecule has 0 radical (unpaired) electrons. The molecule has 1 aromatic rings. The van der Waals surface area contributed by atoms with E-state index in [-0.39, 0.29) is 11.8 Å². The first-order valence-electron chi connectivity index (χ1n) is 7.21. The zero-order valence-corrected chi connectivity index (χ0v) is 11.7. The number of fused-ring (bicyclic) bond motifs is 1. The van der Waals surface area contributed by atoms with Gasteiger partial charge in [-0.15, -0.1) is 0 Å². The van der Waals surface area contributed by atoms with Crippen molar-refractivity contribution < 1.29 is 4.79 Å². The molecule has 2 N–H and O–H groups in total. The van der Waals surface area contributed by atoms with Crippen LogP contribution < -0.4 is 10.6 Å². The Balaban J connectivity index is 1.65. The van der Waals surface area contributed by atoms with Crippen LogP contribution in [0.1, 0.15) is 18.4 Å². The van der Waals surface area contributed by atoms with Gasteiger partial charge >= 0.3 is 0 Å². The third-order valence-corrected chi connectivity index (χ3v) is 4.17. The lowest BCUT2D eigenvalue weighted by Crippen LogP contribution is -2.40. The monoisotopic (exact) mass is 268 g/mol. The molecule has 2 aliphatic rings. The van der Waals surface area contributed by atoms with Crippen LogP contribution in [0.15, 0.2) is 48.2 Å². The third kappa shape index (κ3) is 2.62. The highest BCUT2D eigenvalue weighted by Crippen LogP contribution is 2.30. The summed E-state index contributed by atoms with van der Waals surface area (Å²) in [6.45, 7) is 2.75. The Kier molecular flexibility index (Phi) is 3.59. The Morgan fingerprint density at radius 3 is 3.05 bits per heavy atom. The first kappa shape index (κ1) is 13.0. The van der Waals surface area contributed by atoms with Gasteiger partial charge in [0.15, 0.2) is 0 Å². The summed E-state index contributed by atoms with van der Waals surface area (Å²) < 4.78 is 0. The van der Waals surface area contributed by atoms with Crippen molar-refractivity contribution in [2.45, 2.75) is 19.8 Å². The maximum Gasteiger partial charge on any atom is 0.229 e. The summed E-state index contributed by atoms with van der Waals surface area (Å²) in [6, 6.07) is 7.91. The summed E-state index contributed by atoms with van der Waals surface area (Å²) in [7, 11) is 0. The van der Waals surface area contributed by atoms with Gasteiger partial charge in [-0.25, -0.2) is 0 Å². The third-order valence-electron chi connectivity index (χ3n) is 4.17. The lowest BCUT2D eigenvalue weighted by atomic mass is 9.83. The van der Waals surface area contributed by atoms with Crippen LogP contribution in [0.4, 0.5) is 5.69 Å². The summed E-state index contributed by atoms with van der Waals surface area (Å²) in [5.41, 5.74) is 3.31. The standard InChI is InChI=1S/C17H20N2O/c1-12-6-2-4-8-15(12)19-17(20)14-10-13-7-3-5-9-16(13)18-11-14/h2-6,8-9,13-14,18H,7,10-11H2,1H3,(H,19,20). The molecule has 2 atom stereocenters. The van der Waals surface area contributed by atoms with Gasteiger partial charge < -0.3 is 10.6 Å². The minimum absolute atomic E-state index is 0.0447. The smallest absolute Gasteiger partial charge is 0.229 e. The average molecular weight is 268 g/mol. The molecule has 1 aliphatic carbocycles. The van der Waals surface area contributed by atoms with Gasteiger partial charge in [-0.2, -0.15) is 0 Å². The fraction of sp³-hybridized carbons (Fsp3) is 0.353. The summed E-state index contributed by atoms with van der Waals surface area (Å²) in [4.78, 5) is 12.4. The van der Waals surface area contributed by atoms with Crippen molar-refractivity contribution >= 4 is 11.6 Å². The molecule has 1 saturated heterocycles. The van der Waals surface area contributed by atoms with Crippen molar-refractivity contribution in [3.05, 3.63) is 53.8 Å². The number of benzene rings is 1. The number of carbonyl (C=O) groups excluding carboxylic acids is 1. The zero-order chi connectivity index (χ0) is 13.9. The highest BCUT2D eigenvalue weighted by atomic mass is 16.1. The highest BCUT2D eigenvalue weighted by Gasteiger charge is 2.30. The van der Waals surface area contributed by atoms with Crippen LogP contribution >= 0.6 is 0 Å². The lowest BCUT2D eigenvalue weighted by molar-refractivity contribution is -0.120. The number of allylic oxidation sites excluding steroid dienone is 4. The van der Waals surface area contributed by atoms with E-state index in [2.05, 4.69) is 28.9 Å². The van der Waals surface area contributed by atoms with Gasteiger partial charge in [-0.1, -0.05) is 30.4 Å². The molecule has 0 aromatic heterocycles. The van der Waals surface area contributed by atoms with Gasteiger partial charge in [0, 0.05) is 23.8 Å². The fourth-order valence-electron chi connectivity index (χ4n) is 2.92. The Morgan fingerprint density at radius 2 is 2.20 bits per heavy atom. The summed E-state index contributed by atoms with van der Waals surface area (Å²) >= 11 is 0. The average Bonchev–Trinajstić information content (AvgIpc) is 2.49. The number of amides is 1. The Hall–Kier alpha value is -2.03. The van der Waals surface area contributed by atoms with Crippen molar-refractivity contribution in [2.24, 2.45) is 11.8 Å². The van der Waals surface area contributed by atoms with E-state index in [1.165, 1.54) is 5.70 Å². The minimum Gasteiger partial charge on any atom is -0.387 e. The normalized spacial score (nSPS) is 24.4. The van der Waals surface area contributed by atoms with Crippen LogP contribution in [0.3, 0.4) is 0 Å². The molecule has 1 aromatic carbocycles. The minimum atomic E-state index is 0.0447. The molecule has 3 rings (SSSR count). The molecule has 3 nitrogen and oxygen atoms in total. The van der Waals surface area contributed by atoms with Crippen LogP contribution in [0, 0.1) is 18.8 Å². The second-order valence-electron chi connectivity index (χ2n) is 5.60. The quantitative estimate of drug-likeness (QED) is 0.865. The maximum atomic E-state index is 12.4. The predicted octanol–water partition coefficient (Wildman–Crippen LogP) is 3.00. The molecule has 104 valence electrons. The van der Waals surface area contributed by atoms with Crippen molar-refractivity contribution in [1.82, 2.24) is 5.32 Å². The first-order chi connectivity index (χ1) is 9.74. The number of rotatable bonds is 2. The van der Waals surface area contributed by atoms with Gasteiger partial charge in [-0.05, 0) is 37.5 Å². The van der Waals surface area contributed by atoms with Gasteiger partial charge in [0.05, 0.1) is 5.92 Å². The SMILES string of the molecule is Cc1ccccc1NC(=O)C1CNC2=CC=CCC2C1. The zero-order valence-electron chi connectivity index (χ0n) is 11.7. The number of hydrogen-bond acceptors (Lipinski definition) is 2. The molecule has 1 amide bonds. The van der Waals surface area contributed by atoms with E-state index in [1.54, 1.807) is 0 Å². The Bertz CT molecular complexity index is 574. The molecule has 0 saturated carbocycles. The topological polar surface area (TPSA) is 41.1 Å². The summed E-state index contributed by atoms with van der Waals surface area (Å²) in [6.07, 6.45) is 8.36. The molecule has 20 heavy (non-hydrogen) atoms. The van der Waals surface area contributed by atoms with E-state index in [0.717, 1.165) is 30.6 Å². The molecule has 1 fully saturated rings. The molecule has 0 spiro atoms. The number of anilines is 1. The van der Waals surface area contributed by atoms with Crippen molar-refractivity contribution in [3.63, 3.8) is 0 Å². The van der Waals surface area contributed by atoms with Crippen molar-refractivity contribution in [3.8, 4) is 0 Å². The number of carbonyl (C=O) groups is 1. The second-order valence-corrected chi connectivity index (χ2v) is 5.60. The maximum absolute atomic E-state index is 12.4. The van der Waals surface area contributed by atoms with E-state index < -0.39 is 0 Å². The van der Waals surface area contributed by atoms with Crippen LogP contribution in [0.25, 0.3) is 0 Å². The van der Waals surface area contributed by atoms with E-state index in [9.17, 15) is 4.79 Å². The highest BCUT2D eigenvalue weighted by molar-refractivity contribution is 5.93. The first-order valence-corrected chi connectivity index (χ1v) is 7.21. The Morgan fingerprint density at radius 1 is 1.35 bits per heavy atom. The van der Waals surface area contributed by atoms with E-state index in [0.29, 0.717) is 5.92 Å². The van der Waals surface area contributed by atoms with Crippen LogP contribution in [-0.2, 0) is 4.79 Å². The van der Waals surface area contributed by atoms with Crippen LogP contribution in [-0.4, -0.2) is 12.5 Å². The summed E-state index contributed by atoms with van der Waals surface area (Å²) in [5, 5.41) is 6.46. The number of para-hydroxylation sites is 1. The molecule has 1 heterocycles. The van der Waals surface area contributed by atoms with Crippen LogP contribution in [0.5, 0.6) is 0 Å².